The molecule has 0 aliphatic rings. The molecule has 0 heterocycles. The van der Waals surface area contributed by atoms with Crippen molar-refractivity contribution in [3.63, 3.8) is 0 Å². The molecule has 0 saturated heterocycles. The Kier molecular flexibility index (Phi) is 5.56. The summed E-state index contributed by atoms with van der Waals surface area (Å²) in [5.74, 6) is -2.71. The standard InChI is InChI=1S/C14H14F3NO4/c1-3-22-13(21)11(12(19)20)8(2)18-10-7-5-4-6-9(10)14(15,16)17/h4-7,18H,3H2,1-2H3,(H,19,20). The van der Waals surface area contributed by atoms with Crippen molar-refractivity contribution < 1.29 is 32.6 Å². The number of allylic oxidation sites excluding steroid dienone is 1. The molecule has 1 rings (SSSR count). The maximum absolute atomic E-state index is 12.9. The van der Waals surface area contributed by atoms with Crippen LogP contribution in [-0.2, 0) is 20.5 Å². The zero-order chi connectivity index (χ0) is 16.9. The smallest absolute Gasteiger partial charge is 0.418 e. The monoisotopic (exact) mass is 317 g/mol. The van der Waals surface area contributed by atoms with Crippen LogP contribution in [0, 0.1) is 0 Å². The van der Waals surface area contributed by atoms with E-state index in [0.717, 1.165) is 12.1 Å². The van der Waals surface area contributed by atoms with Gasteiger partial charge in [0, 0.05) is 5.70 Å². The van der Waals surface area contributed by atoms with Gasteiger partial charge in [-0.25, -0.2) is 9.59 Å². The molecule has 22 heavy (non-hydrogen) atoms. The minimum absolute atomic E-state index is 0.0535. The molecule has 0 aliphatic carbocycles. The first kappa shape index (κ1) is 17.5. The molecule has 0 radical (unpaired) electrons. The quantitative estimate of drug-likeness (QED) is 0.378. The second-order valence-electron chi connectivity index (χ2n) is 4.19. The summed E-state index contributed by atoms with van der Waals surface area (Å²) >= 11 is 0. The number of aliphatic carboxylic acids is 1. The highest BCUT2D eigenvalue weighted by Crippen LogP contribution is 2.35. The Morgan fingerprint density at radius 1 is 1.27 bits per heavy atom. The molecule has 0 saturated carbocycles. The highest BCUT2D eigenvalue weighted by atomic mass is 19.4. The molecular formula is C14H14F3NO4. The van der Waals surface area contributed by atoms with Gasteiger partial charge in [0.25, 0.3) is 0 Å². The number of benzene rings is 1. The number of halogens is 3. The topological polar surface area (TPSA) is 75.6 Å². The number of esters is 1. The number of carboxylic acid groups (broad SMARTS) is 1. The zero-order valence-corrected chi connectivity index (χ0v) is 11.8. The highest BCUT2D eigenvalue weighted by molar-refractivity contribution is 6.14. The van der Waals surface area contributed by atoms with Crippen LogP contribution in [0.4, 0.5) is 18.9 Å². The molecule has 0 aliphatic heterocycles. The van der Waals surface area contributed by atoms with Crippen molar-refractivity contribution in [3.05, 3.63) is 41.1 Å². The third-order valence-corrected chi connectivity index (χ3v) is 2.62. The van der Waals surface area contributed by atoms with Crippen LogP contribution in [0.25, 0.3) is 0 Å². The van der Waals surface area contributed by atoms with Crippen LogP contribution >= 0.6 is 0 Å². The van der Waals surface area contributed by atoms with E-state index >= 15 is 0 Å². The number of hydrogen-bond acceptors (Lipinski definition) is 4. The Bertz CT molecular complexity index is 608. The van der Waals surface area contributed by atoms with Gasteiger partial charge in [-0.05, 0) is 26.0 Å². The van der Waals surface area contributed by atoms with Crippen molar-refractivity contribution in [3.8, 4) is 0 Å². The van der Waals surface area contributed by atoms with Crippen molar-refractivity contribution in [2.75, 3.05) is 11.9 Å². The van der Waals surface area contributed by atoms with Crippen LogP contribution in [0.15, 0.2) is 35.5 Å². The lowest BCUT2D eigenvalue weighted by molar-refractivity contribution is -0.144. The molecule has 1 aromatic rings. The van der Waals surface area contributed by atoms with Gasteiger partial charge in [-0.3, -0.25) is 0 Å². The molecule has 2 N–H and O–H groups in total. The molecule has 1 aromatic carbocycles. The fraction of sp³-hybridized carbons (Fsp3) is 0.286. The summed E-state index contributed by atoms with van der Waals surface area (Å²) in [5, 5.41) is 11.3. The Morgan fingerprint density at radius 3 is 2.36 bits per heavy atom. The van der Waals surface area contributed by atoms with Crippen molar-refractivity contribution in [2.45, 2.75) is 20.0 Å². The van der Waals surface area contributed by atoms with Gasteiger partial charge in [0.15, 0.2) is 5.57 Å². The molecule has 0 amide bonds. The number of carbonyl (C=O) groups is 2. The lowest BCUT2D eigenvalue weighted by Crippen LogP contribution is -2.20. The van der Waals surface area contributed by atoms with Gasteiger partial charge in [-0.2, -0.15) is 13.2 Å². The number of carbonyl (C=O) groups excluding carboxylic acids is 1. The summed E-state index contributed by atoms with van der Waals surface area (Å²) in [6.45, 7) is 2.62. The lowest BCUT2D eigenvalue weighted by Gasteiger charge is -2.15. The van der Waals surface area contributed by atoms with E-state index in [1.807, 2.05) is 0 Å². The number of anilines is 1. The molecule has 0 bridgehead atoms. The summed E-state index contributed by atoms with van der Waals surface area (Å²) in [4.78, 5) is 22.7. The average Bonchev–Trinajstić information content (AvgIpc) is 2.37. The average molecular weight is 317 g/mol. The molecule has 8 heteroatoms. The van der Waals surface area contributed by atoms with E-state index in [1.165, 1.54) is 26.0 Å². The van der Waals surface area contributed by atoms with Crippen LogP contribution in [0.3, 0.4) is 0 Å². The van der Waals surface area contributed by atoms with E-state index in [4.69, 9.17) is 5.11 Å². The summed E-state index contributed by atoms with van der Waals surface area (Å²) in [6, 6.07) is 4.55. The van der Waals surface area contributed by atoms with Crippen LogP contribution < -0.4 is 5.32 Å². The van der Waals surface area contributed by atoms with Crippen LogP contribution in [0.1, 0.15) is 19.4 Å². The molecule has 0 aromatic heterocycles. The van der Waals surface area contributed by atoms with Crippen molar-refractivity contribution >= 4 is 17.6 Å². The Morgan fingerprint density at radius 2 is 1.86 bits per heavy atom. The normalized spacial score (nSPS) is 12.4. The Hall–Kier alpha value is -2.51. The number of hydrogen-bond donors (Lipinski definition) is 2. The minimum Gasteiger partial charge on any atom is -0.477 e. The summed E-state index contributed by atoms with van der Waals surface area (Å²) in [5.41, 5.74) is -2.32. The van der Waals surface area contributed by atoms with E-state index in [0.29, 0.717) is 0 Å². The van der Waals surface area contributed by atoms with Gasteiger partial charge in [0.05, 0.1) is 17.9 Å². The number of ether oxygens (including phenoxy) is 1. The molecular weight excluding hydrogens is 303 g/mol. The SMILES string of the molecule is CCOC(=O)C(C(=O)O)=C(C)Nc1ccccc1C(F)(F)F. The third kappa shape index (κ3) is 4.24. The second kappa shape index (κ2) is 6.97. The number of nitrogens with one attached hydrogen (secondary N) is 1. The first-order valence-corrected chi connectivity index (χ1v) is 6.23. The van der Waals surface area contributed by atoms with E-state index in [9.17, 15) is 22.8 Å². The number of alkyl halides is 3. The molecule has 0 fully saturated rings. The molecule has 0 unspecified atom stereocenters. The lowest BCUT2D eigenvalue weighted by atomic mass is 10.1. The third-order valence-electron chi connectivity index (χ3n) is 2.62. The van der Waals surface area contributed by atoms with Crippen molar-refractivity contribution in [1.82, 2.24) is 0 Å². The van der Waals surface area contributed by atoms with Gasteiger partial charge in [0.1, 0.15) is 0 Å². The predicted octanol–water partition coefficient (Wildman–Crippen LogP) is 3.04. The Balaban J connectivity index is 3.24. The van der Waals surface area contributed by atoms with E-state index < -0.39 is 29.3 Å². The summed E-state index contributed by atoms with van der Waals surface area (Å²) in [6.07, 6.45) is -4.61. The van der Waals surface area contributed by atoms with Crippen LogP contribution in [0.2, 0.25) is 0 Å². The van der Waals surface area contributed by atoms with Gasteiger partial charge in [0.2, 0.25) is 0 Å². The molecule has 5 nitrogen and oxygen atoms in total. The van der Waals surface area contributed by atoms with Crippen molar-refractivity contribution in [1.29, 1.82) is 0 Å². The van der Waals surface area contributed by atoms with Gasteiger partial charge < -0.3 is 15.2 Å². The minimum atomic E-state index is -4.61. The highest BCUT2D eigenvalue weighted by Gasteiger charge is 2.33. The largest absolute Gasteiger partial charge is 0.477 e. The predicted molar refractivity (Wildman–Crippen MR) is 72.0 cm³/mol. The van der Waals surface area contributed by atoms with Crippen LogP contribution in [0.5, 0.6) is 0 Å². The first-order chi connectivity index (χ1) is 10.2. The maximum atomic E-state index is 12.9. The fourth-order valence-electron chi connectivity index (χ4n) is 1.71. The Labute approximate surface area is 124 Å². The van der Waals surface area contributed by atoms with Gasteiger partial charge in [-0.1, -0.05) is 12.1 Å². The first-order valence-electron chi connectivity index (χ1n) is 6.23. The second-order valence-corrected chi connectivity index (χ2v) is 4.19. The van der Waals surface area contributed by atoms with E-state index in [2.05, 4.69) is 10.1 Å². The molecule has 120 valence electrons. The van der Waals surface area contributed by atoms with Gasteiger partial charge >= 0.3 is 18.1 Å². The molecule has 0 spiro atoms. The summed E-state index contributed by atoms with van der Waals surface area (Å²) < 4.78 is 43.2. The number of para-hydroxylation sites is 1. The molecule has 0 atom stereocenters. The van der Waals surface area contributed by atoms with Crippen LogP contribution in [-0.4, -0.2) is 23.7 Å². The zero-order valence-electron chi connectivity index (χ0n) is 11.8. The van der Waals surface area contributed by atoms with Crippen molar-refractivity contribution in [2.24, 2.45) is 0 Å². The summed E-state index contributed by atoms with van der Waals surface area (Å²) in [7, 11) is 0. The van der Waals surface area contributed by atoms with E-state index in [1.54, 1.807) is 0 Å². The fourth-order valence-corrected chi connectivity index (χ4v) is 1.71. The number of carboxylic acids is 1. The number of rotatable bonds is 5. The van der Waals surface area contributed by atoms with E-state index in [-0.39, 0.29) is 18.0 Å². The van der Waals surface area contributed by atoms with Gasteiger partial charge in [-0.15, -0.1) is 0 Å². The maximum Gasteiger partial charge on any atom is 0.418 e.